The molecule has 2 aromatic heterocycles. The predicted octanol–water partition coefficient (Wildman–Crippen LogP) is 3.70. The molecule has 0 aliphatic rings. The van der Waals surface area contributed by atoms with Crippen molar-refractivity contribution in [1.82, 2.24) is 15.2 Å². The molecule has 0 saturated heterocycles. The number of nitro benzene ring substituents is 1. The van der Waals surface area contributed by atoms with Crippen molar-refractivity contribution in [3.63, 3.8) is 0 Å². The van der Waals surface area contributed by atoms with E-state index >= 15 is 0 Å². The van der Waals surface area contributed by atoms with Gasteiger partial charge in [-0.3, -0.25) is 10.1 Å². The second kappa shape index (κ2) is 6.24. The number of aryl methyl sites for hydroxylation is 1. The molecule has 0 amide bonds. The Kier molecular flexibility index (Phi) is 4.16. The average molecular weight is 334 g/mol. The molecule has 3 aromatic rings. The molecule has 0 N–H and O–H groups in total. The Morgan fingerprint density at radius 2 is 2.27 bits per heavy atom. The molecule has 1 aromatic carbocycles. The van der Waals surface area contributed by atoms with Crippen LogP contribution in [-0.2, 0) is 5.75 Å². The van der Waals surface area contributed by atoms with Gasteiger partial charge in [0.05, 0.1) is 15.6 Å². The normalized spacial score (nSPS) is 10.8. The van der Waals surface area contributed by atoms with E-state index in [1.165, 1.54) is 23.9 Å². The lowest BCUT2D eigenvalue weighted by atomic mass is 10.2. The molecule has 0 aliphatic heterocycles. The fourth-order valence-corrected chi connectivity index (χ4v) is 3.12. The van der Waals surface area contributed by atoms with Crippen LogP contribution in [0.3, 0.4) is 0 Å². The second-order valence-electron chi connectivity index (χ2n) is 4.33. The lowest BCUT2D eigenvalue weighted by molar-refractivity contribution is -0.384. The summed E-state index contributed by atoms with van der Waals surface area (Å²) in [4.78, 5) is 14.7. The van der Waals surface area contributed by atoms with Gasteiger partial charge in [-0.2, -0.15) is 0 Å². The number of nitrogens with zero attached hydrogens (tertiary/aromatic N) is 4. The molecule has 112 valence electrons. The standard InChI is InChI=1S/C13H10N4O3S2/c1-8-14-10(6-21-8)7-22-13-16-15-12(20-13)9-3-2-4-11(5-9)17(18)19/h2-6H,7H2,1H3. The van der Waals surface area contributed by atoms with Crippen LogP contribution in [0.2, 0.25) is 0 Å². The van der Waals surface area contributed by atoms with Gasteiger partial charge in [0.25, 0.3) is 10.9 Å². The number of thioether (sulfide) groups is 1. The highest BCUT2D eigenvalue weighted by atomic mass is 32.2. The number of aromatic nitrogens is 3. The summed E-state index contributed by atoms with van der Waals surface area (Å²) in [7, 11) is 0. The van der Waals surface area contributed by atoms with Gasteiger partial charge in [0.1, 0.15) is 0 Å². The fraction of sp³-hybridized carbons (Fsp3) is 0.154. The molecular weight excluding hydrogens is 324 g/mol. The molecular formula is C13H10N4O3S2. The van der Waals surface area contributed by atoms with E-state index in [0.717, 1.165) is 10.7 Å². The molecule has 9 heteroatoms. The van der Waals surface area contributed by atoms with E-state index in [4.69, 9.17) is 4.42 Å². The van der Waals surface area contributed by atoms with Crippen molar-refractivity contribution in [2.45, 2.75) is 17.9 Å². The van der Waals surface area contributed by atoms with Crippen molar-refractivity contribution in [2.75, 3.05) is 0 Å². The number of nitro groups is 1. The lowest BCUT2D eigenvalue weighted by Crippen LogP contribution is -1.88. The van der Waals surface area contributed by atoms with Crippen LogP contribution in [0.15, 0.2) is 39.3 Å². The summed E-state index contributed by atoms with van der Waals surface area (Å²) >= 11 is 2.97. The van der Waals surface area contributed by atoms with Crippen LogP contribution >= 0.6 is 23.1 Å². The quantitative estimate of drug-likeness (QED) is 0.399. The zero-order valence-electron chi connectivity index (χ0n) is 11.4. The Morgan fingerprint density at radius 1 is 1.41 bits per heavy atom. The van der Waals surface area contributed by atoms with Crippen molar-refractivity contribution in [3.05, 3.63) is 50.5 Å². The van der Waals surface area contributed by atoms with E-state index in [0.29, 0.717) is 16.5 Å². The Bertz CT molecular complexity index is 815. The maximum absolute atomic E-state index is 10.8. The van der Waals surface area contributed by atoms with Crippen LogP contribution in [0, 0.1) is 17.0 Å². The summed E-state index contributed by atoms with van der Waals surface area (Å²) in [5, 5.41) is 22.1. The first kappa shape index (κ1) is 14.7. The zero-order chi connectivity index (χ0) is 15.5. The number of thiazole rings is 1. The number of non-ortho nitro benzene ring substituents is 1. The van der Waals surface area contributed by atoms with Gasteiger partial charge in [-0.05, 0) is 13.0 Å². The minimum Gasteiger partial charge on any atom is -0.411 e. The van der Waals surface area contributed by atoms with Gasteiger partial charge >= 0.3 is 0 Å². The summed E-state index contributed by atoms with van der Waals surface area (Å²) in [5.41, 5.74) is 1.48. The van der Waals surface area contributed by atoms with Crippen LogP contribution < -0.4 is 0 Å². The van der Waals surface area contributed by atoms with E-state index in [9.17, 15) is 10.1 Å². The van der Waals surface area contributed by atoms with Crippen LogP contribution in [0.25, 0.3) is 11.5 Å². The van der Waals surface area contributed by atoms with Crippen LogP contribution in [0.1, 0.15) is 10.7 Å². The molecule has 0 radical (unpaired) electrons. The minimum atomic E-state index is -0.458. The largest absolute Gasteiger partial charge is 0.411 e. The third-order valence-corrected chi connectivity index (χ3v) is 4.39. The van der Waals surface area contributed by atoms with E-state index in [1.807, 2.05) is 12.3 Å². The van der Waals surface area contributed by atoms with Gasteiger partial charge in [0.2, 0.25) is 5.89 Å². The summed E-state index contributed by atoms with van der Waals surface area (Å²) in [6, 6.07) is 6.10. The second-order valence-corrected chi connectivity index (χ2v) is 6.32. The number of benzene rings is 1. The molecule has 7 nitrogen and oxygen atoms in total. The third-order valence-electron chi connectivity index (χ3n) is 2.72. The van der Waals surface area contributed by atoms with Gasteiger partial charge in [0, 0.05) is 28.8 Å². The third kappa shape index (κ3) is 3.31. The highest BCUT2D eigenvalue weighted by Crippen LogP contribution is 2.27. The number of hydrogen-bond acceptors (Lipinski definition) is 8. The summed E-state index contributed by atoms with van der Waals surface area (Å²) in [6.45, 7) is 1.95. The monoisotopic (exact) mass is 334 g/mol. The average Bonchev–Trinajstić information content (AvgIpc) is 3.14. The van der Waals surface area contributed by atoms with Gasteiger partial charge in [-0.15, -0.1) is 21.5 Å². The van der Waals surface area contributed by atoms with Crippen molar-refractivity contribution in [1.29, 1.82) is 0 Å². The summed E-state index contributed by atoms with van der Waals surface area (Å²) in [6.07, 6.45) is 0. The Hall–Kier alpha value is -2.26. The van der Waals surface area contributed by atoms with Gasteiger partial charge in [0.15, 0.2) is 0 Å². The molecule has 0 fully saturated rings. The highest BCUT2D eigenvalue weighted by Gasteiger charge is 2.13. The van der Waals surface area contributed by atoms with Crippen molar-refractivity contribution < 1.29 is 9.34 Å². The van der Waals surface area contributed by atoms with Crippen LogP contribution in [-0.4, -0.2) is 20.1 Å². The molecule has 22 heavy (non-hydrogen) atoms. The van der Waals surface area contributed by atoms with Crippen molar-refractivity contribution >= 4 is 28.8 Å². The van der Waals surface area contributed by atoms with Gasteiger partial charge in [-0.25, -0.2) is 4.98 Å². The van der Waals surface area contributed by atoms with E-state index in [2.05, 4.69) is 15.2 Å². The summed E-state index contributed by atoms with van der Waals surface area (Å²) in [5.74, 6) is 0.904. The smallest absolute Gasteiger partial charge is 0.277 e. The first-order valence-electron chi connectivity index (χ1n) is 6.24. The molecule has 0 unspecified atom stereocenters. The van der Waals surface area contributed by atoms with Crippen molar-refractivity contribution in [2.24, 2.45) is 0 Å². The molecule has 0 bridgehead atoms. The van der Waals surface area contributed by atoms with E-state index < -0.39 is 4.92 Å². The number of hydrogen-bond donors (Lipinski definition) is 0. The molecule has 2 heterocycles. The molecule has 0 aliphatic carbocycles. The molecule has 0 saturated carbocycles. The topological polar surface area (TPSA) is 95.0 Å². The minimum absolute atomic E-state index is 0.0112. The zero-order valence-corrected chi connectivity index (χ0v) is 13.1. The first-order valence-corrected chi connectivity index (χ1v) is 8.10. The SMILES string of the molecule is Cc1nc(CSc2nnc(-c3cccc([N+](=O)[O-])c3)o2)cs1. The van der Waals surface area contributed by atoms with Crippen LogP contribution in [0.5, 0.6) is 0 Å². The predicted molar refractivity (Wildman–Crippen MR) is 82.8 cm³/mol. The maximum Gasteiger partial charge on any atom is 0.277 e. The van der Waals surface area contributed by atoms with E-state index in [-0.39, 0.29) is 11.6 Å². The Labute approximate surface area is 133 Å². The Balaban J connectivity index is 1.73. The van der Waals surface area contributed by atoms with Crippen LogP contribution in [0.4, 0.5) is 5.69 Å². The Morgan fingerprint density at radius 3 is 3.00 bits per heavy atom. The number of rotatable bonds is 5. The maximum atomic E-state index is 10.8. The van der Waals surface area contributed by atoms with Gasteiger partial charge in [-0.1, -0.05) is 17.8 Å². The van der Waals surface area contributed by atoms with Crippen molar-refractivity contribution in [3.8, 4) is 11.5 Å². The molecule has 0 atom stereocenters. The molecule has 3 rings (SSSR count). The molecule has 0 spiro atoms. The van der Waals surface area contributed by atoms with E-state index in [1.54, 1.807) is 23.5 Å². The first-order chi connectivity index (χ1) is 10.6. The van der Waals surface area contributed by atoms with Gasteiger partial charge < -0.3 is 4.42 Å². The summed E-state index contributed by atoms with van der Waals surface area (Å²) < 4.78 is 5.53. The fourth-order valence-electron chi connectivity index (χ4n) is 1.75. The lowest BCUT2D eigenvalue weighted by Gasteiger charge is -1.95. The highest BCUT2D eigenvalue weighted by molar-refractivity contribution is 7.98.